The molecular weight excluding hydrogens is 238 g/mol. The Balaban J connectivity index is 1.60. The molecule has 4 heteroatoms. The molecular formula is C15H17N3O. The van der Waals surface area contributed by atoms with Crippen molar-refractivity contribution in [2.24, 2.45) is 0 Å². The van der Waals surface area contributed by atoms with Gasteiger partial charge in [0.25, 0.3) is 0 Å². The van der Waals surface area contributed by atoms with Crippen LogP contribution in [0.5, 0.6) is 0 Å². The van der Waals surface area contributed by atoms with Gasteiger partial charge in [-0.15, -0.1) is 0 Å². The molecule has 1 saturated heterocycles. The first kappa shape index (κ1) is 12.2. The summed E-state index contributed by atoms with van der Waals surface area (Å²) < 4.78 is 0. The van der Waals surface area contributed by atoms with Gasteiger partial charge in [-0.3, -0.25) is 9.69 Å². The molecule has 98 valence electrons. The SMILES string of the molecule is N#CCN1CCN(C(=O)C2Cc3ccccc32)CC1. The molecule has 0 spiro atoms. The van der Waals surface area contributed by atoms with Crippen LogP contribution in [0.4, 0.5) is 0 Å². The average molecular weight is 255 g/mol. The van der Waals surface area contributed by atoms with Crippen molar-refractivity contribution in [2.75, 3.05) is 32.7 Å². The number of benzene rings is 1. The number of hydrogen-bond donors (Lipinski definition) is 0. The van der Waals surface area contributed by atoms with Crippen molar-refractivity contribution >= 4 is 5.91 Å². The number of nitrogens with zero attached hydrogens (tertiary/aromatic N) is 3. The number of nitriles is 1. The molecule has 19 heavy (non-hydrogen) atoms. The molecule has 1 amide bonds. The molecule has 0 aromatic heterocycles. The Morgan fingerprint density at radius 3 is 2.68 bits per heavy atom. The lowest BCUT2D eigenvalue weighted by molar-refractivity contribution is -0.135. The maximum Gasteiger partial charge on any atom is 0.230 e. The standard InChI is InChI=1S/C15H17N3O/c16-5-6-17-7-9-18(10-8-17)15(19)14-11-12-3-1-2-4-13(12)14/h1-4,14H,6-11H2. The maximum atomic E-state index is 12.5. The number of amides is 1. The Hall–Kier alpha value is -1.86. The molecule has 1 heterocycles. The zero-order valence-electron chi connectivity index (χ0n) is 10.9. The third kappa shape index (κ3) is 2.22. The van der Waals surface area contributed by atoms with Crippen molar-refractivity contribution in [3.8, 4) is 6.07 Å². The predicted octanol–water partition coefficient (Wildman–Crippen LogP) is 0.994. The summed E-state index contributed by atoms with van der Waals surface area (Å²) in [5, 5.41) is 8.67. The Bertz CT molecular complexity index is 526. The molecule has 1 aliphatic heterocycles. The summed E-state index contributed by atoms with van der Waals surface area (Å²) in [4.78, 5) is 16.5. The van der Waals surface area contributed by atoms with Gasteiger partial charge >= 0.3 is 0 Å². The summed E-state index contributed by atoms with van der Waals surface area (Å²) in [6.07, 6.45) is 0.882. The van der Waals surface area contributed by atoms with E-state index in [9.17, 15) is 4.79 Å². The van der Waals surface area contributed by atoms with Crippen LogP contribution in [0.1, 0.15) is 17.0 Å². The Morgan fingerprint density at radius 1 is 1.26 bits per heavy atom. The molecule has 0 bridgehead atoms. The fourth-order valence-electron chi connectivity index (χ4n) is 2.93. The topological polar surface area (TPSA) is 47.3 Å². The molecule has 0 radical (unpaired) electrons. The minimum Gasteiger partial charge on any atom is -0.340 e. The first-order valence-electron chi connectivity index (χ1n) is 6.75. The summed E-state index contributed by atoms with van der Waals surface area (Å²) in [6, 6.07) is 10.4. The normalized spacial score (nSPS) is 22.3. The van der Waals surface area contributed by atoms with Crippen LogP contribution < -0.4 is 0 Å². The van der Waals surface area contributed by atoms with E-state index < -0.39 is 0 Å². The van der Waals surface area contributed by atoms with Crippen LogP contribution in [0.15, 0.2) is 24.3 Å². The lowest BCUT2D eigenvalue weighted by atomic mass is 9.77. The van der Waals surface area contributed by atoms with Crippen molar-refractivity contribution in [3.63, 3.8) is 0 Å². The van der Waals surface area contributed by atoms with E-state index in [1.165, 1.54) is 11.1 Å². The molecule has 1 fully saturated rings. The molecule has 0 N–H and O–H groups in total. The molecule has 1 aromatic rings. The van der Waals surface area contributed by atoms with Gasteiger partial charge in [-0.1, -0.05) is 24.3 Å². The van der Waals surface area contributed by atoms with Gasteiger partial charge in [0, 0.05) is 26.2 Å². The van der Waals surface area contributed by atoms with Crippen LogP contribution in [0.25, 0.3) is 0 Å². The molecule has 3 rings (SSSR count). The summed E-state index contributed by atoms with van der Waals surface area (Å²) >= 11 is 0. The van der Waals surface area contributed by atoms with Crippen molar-refractivity contribution in [3.05, 3.63) is 35.4 Å². The number of carbonyl (C=O) groups is 1. The highest BCUT2D eigenvalue weighted by Gasteiger charge is 2.35. The lowest BCUT2D eigenvalue weighted by Gasteiger charge is -2.38. The monoisotopic (exact) mass is 255 g/mol. The van der Waals surface area contributed by atoms with Gasteiger partial charge < -0.3 is 4.90 Å². The van der Waals surface area contributed by atoms with Gasteiger partial charge in [-0.2, -0.15) is 5.26 Å². The number of carbonyl (C=O) groups excluding carboxylic acids is 1. The first-order chi connectivity index (χ1) is 9.29. The van der Waals surface area contributed by atoms with E-state index >= 15 is 0 Å². The largest absolute Gasteiger partial charge is 0.340 e. The van der Waals surface area contributed by atoms with Crippen LogP contribution >= 0.6 is 0 Å². The van der Waals surface area contributed by atoms with Gasteiger partial charge in [0.2, 0.25) is 5.91 Å². The molecule has 1 aliphatic carbocycles. The third-order valence-electron chi connectivity index (χ3n) is 4.13. The molecule has 4 nitrogen and oxygen atoms in total. The zero-order valence-corrected chi connectivity index (χ0v) is 10.9. The van der Waals surface area contributed by atoms with Gasteiger partial charge in [0.05, 0.1) is 18.5 Å². The van der Waals surface area contributed by atoms with Crippen molar-refractivity contribution in [1.29, 1.82) is 5.26 Å². The van der Waals surface area contributed by atoms with Gasteiger partial charge in [0.1, 0.15) is 0 Å². The molecule has 1 unspecified atom stereocenters. The molecule has 1 atom stereocenters. The minimum absolute atomic E-state index is 0.0683. The van der Waals surface area contributed by atoms with E-state index in [1.807, 2.05) is 17.0 Å². The van der Waals surface area contributed by atoms with Crippen molar-refractivity contribution in [2.45, 2.75) is 12.3 Å². The number of rotatable bonds is 2. The highest BCUT2D eigenvalue weighted by atomic mass is 16.2. The minimum atomic E-state index is 0.0683. The second-order valence-electron chi connectivity index (χ2n) is 5.22. The van der Waals surface area contributed by atoms with E-state index in [0.29, 0.717) is 6.54 Å². The van der Waals surface area contributed by atoms with Crippen LogP contribution in [0.2, 0.25) is 0 Å². The average Bonchev–Trinajstić information content (AvgIpc) is 2.41. The van der Waals surface area contributed by atoms with Gasteiger partial charge in [-0.25, -0.2) is 0 Å². The van der Waals surface area contributed by atoms with Crippen LogP contribution in [-0.4, -0.2) is 48.4 Å². The highest BCUT2D eigenvalue weighted by molar-refractivity contribution is 5.87. The second kappa shape index (κ2) is 5.02. The van der Waals surface area contributed by atoms with E-state index in [4.69, 9.17) is 5.26 Å². The fraction of sp³-hybridized carbons (Fsp3) is 0.467. The number of hydrogen-bond acceptors (Lipinski definition) is 3. The number of fused-ring (bicyclic) bond motifs is 1. The fourth-order valence-corrected chi connectivity index (χ4v) is 2.93. The first-order valence-corrected chi connectivity index (χ1v) is 6.75. The molecule has 2 aliphatic rings. The van der Waals surface area contributed by atoms with E-state index in [-0.39, 0.29) is 11.8 Å². The highest BCUT2D eigenvalue weighted by Crippen LogP contribution is 2.36. The van der Waals surface area contributed by atoms with E-state index in [0.717, 1.165) is 32.6 Å². The Kier molecular flexibility index (Phi) is 3.22. The lowest BCUT2D eigenvalue weighted by Crippen LogP contribution is -2.51. The molecule has 1 aromatic carbocycles. The van der Waals surface area contributed by atoms with Gasteiger partial charge in [-0.05, 0) is 17.5 Å². The van der Waals surface area contributed by atoms with Crippen molar-refractivity contribution < 1.29 is 4.79 Å². The van der Waals surface area contributed by atoms with E-state index in [1.54, 1.807) is 0 Å². The summed E-state index contributed by atoms with van der Waals surface area (Å²) in [6.45, 7) is 3.59. The Morgan fingerprint density at radius 2 is 2.00 bits per heavy atom. The van der Waals surface area contributed by atoms with Crippen molar-refractivity contribution in [1.82, 2.24) is 9.80 Å². The van der Waals surface area contributed by atoms with E-state index in [2.05, 4.69) is 23.1 Å². The van der Waals surface area contributed by atoms with Crippen LogP contribution in [0.3, 0.4) is 0 Å². The van der Waals surface area contributed by atoms with Crippen LogP contribution in [-0.2, 0) is 11.2 Å². The predicted molar refractivity (Wildman–Crippen MR) is 71.5 cm³/mol. The summed E-state index contributed by atoms with van der Waals surface area (Å²) in [7, 11) is 0. The van der Waals surface area contributed by atoms with Gasteiger partial charge in [0.15, 0.2) is 0 Å². The smallest absolute Gasteiger partial charge is 0.230 e. The Labute approximate surface area is 113 Å². The summed E-state index contributed by atoms with van der Waals surface area (Å²) in [5.41, 5.74) is 2.51. The zero-order chi connectivity index (χ0) is 13.2. The second-order valence-corrected chi connectivity index (χ2v) is 5.22. The molecule has 0 saturated carbocycles. The summed E-state index contributed by atoms with van der Waals surface area (Å²) in [5.74, 6) is 0.328. The maximum absolute atomic E-state index is 12.5. The quantitative estimate of drug-likeness (QED) is 0.741. The van der Waals surface area contributed by atoms with Crippen LogP contribution in [0, 0.1) is 11.3 Å². The number of piperazine rings is 1. The third-order valence-corrected chi connectivity index (χ3v) is 4.13.